The van der Waals surface area contributed by atoms with Gasteiger partial charge in [0.2, 0.25) is 11.9 Å². The van der Waals surface area contributed by atoms with E-state index < -0.39 is 0 Å². The summed E-state index contributed by atoms with van der Waals surface area (Å²) in [5.41, 5.74) is 3.26. The number of amides is 1. The summed E-state index contributed by atoms with van der Waals surface area (Å²) in [6.45, 7) is 4.85. The van der Waals surface area contributed by atoms with Crippen LogP contribution in [0.5, 0.6) is 0 Å². The van der Waals surface area contributed by atoms with E-state index in [4.69, 9.17) is 16.6 Å². The van der Waals surface area contributed by atoms with Gasteiger partial charge >= 0.3 is 0 Å². The Morgan fingerprint density at radius 3 is 2.50 bits per heavy atom. The number of fused-ring (bicyclic) bond motifs is 1. The highest BCUT2D eigenvalue weighted by Gasteiger charge is 2.30. The molecule has 5 nitrogen and oxygen atoms in total. The van der Waals surface area contributed by atoms with Crippen molar-refractivity contribution in [2.45, 2.75) is 77.3 Å². The second kappa shape index (κ2) is 8.41. The number of piperidine rings is 1. The minimum Gasteiger partial charge on any atom is -0.353 e. The van der Waals surface area contributed by atoms with Gasteiger partial charge in [-0.25, -0.2) is 4.98 Å². The smallest absolute Gasteiger partial charge is 0.223 e. The number of rotatable bonds is 5. The topological polar surface area (TPSA) is 50.2 Å². The number of aromatic nitrogens is 2. The van der Waals surface area contributed by atoms with E-state index in [-0.39, 0.29) is 11.8 Å². The van der Waals surface area contributed by atoms with Crippen molar-refractivity contribution in [3.8, 4) is 0 Å². The lowest BCUT2D eigenvalue weighted by Gasteiger charge is -2.34. The summed E-state index contributed by atoms with van der Waals surface area (Å²) in [4.78, 5) is 20.1. The van der Waals surface area contributed by atoms with Crippen LogP contribution in [-0.4, -0.2) is 34.6 Å². The van der Waals surface area contributed by atoms with Crippen LogP contribution in [0.2, 0.25) is 5.02 Å². The summed E-state index contributed by atoms with van der Waals surface area (Å²) < 4.78 is 2.39. The van der Waals surface area contributed by atoms with Crippen molar-refractivity contribution in [1.29, 1.82) is 0 Å². The van der Waals surface area contributed by atoms with E-state index in [9.17, 15) is 4.79 Å². The molecule has 2 aliphatic carbocycles. The Morgan fingerprint density at radius 2 is 1.83 bits per heavy atom. The zero-order valence-corrected chi connectivity index (χ0v) is 18.8. The first-order valence-corrected chi connectivity index (χ1v) is 12.2. The van der Waals surface area contributed by atoms with Gasteiger partial charge in [-0.3, -0.25) is 4.79 Å². The SMILES string of the molecule is Cc1cc2nc(N3CCC(C(=O)NC4CCCC4)CC3)n(CC3CCC3)c2cc1Cl. The number of hydrogen-bond donors (Lipinski definition) is 1. The van der Waals surface area contributed by atoms with E-state index in [1.807, 2.05) is 6.92 Å². The third-order valence-corrected chi connectivity index (χ3v) is 7.93. The maximum atomic E-state index is 12.7. The Kier molecular flexibility index (Phi) is 5.65. The van der Waals surface area contributed by atoms with Crippen LogP contribution in [-0.2, 0) is 11.3 Å². The predicted molar refractivity (Wildman–Crippen MR) is 122 cm³/mol. The van der Waals surface area contributed by atoms with Crippen LogP contribution in [0.4, 0.5) is 5.95 Å². The van der Waals surface area contributed by atoms with Gasteiger partial charge in [0.05, 0.1) is 11.0 Å². The Balaban J connectivity index is 1.33. The van der Waals surface area contributed by atoms with Gasteiger partial charge in [0.25, 0.3) is 0 Å². The highest BCUT2D eigenvalue weighted by molar-refractivity contribution is 6.32. The number of carbonyl (C=O) groups excluding carboxylic acids is 1. The van der Waals surface area contributed by atoms with Crippen molar-refractivity contribution in [3.63, 3.8) is 0 Å². The largest absolute Gasteiger partial charge is 0.353 e. The average molecular weight is 429 g/mol. The van der Waals surface area contributed by atoms with Crippen LogP contribution in [0.25, 0.3) is 11.0 Å². The van der Waals surface area contributed by atoms with Gasteiger partial charge in [-0.15, -0.1) is 0 Å². The maximum absolute atomic E-state index is 12.7. The summed E-state index contributed by atoms with van der Waals surface area (Å²) >= 11 is 6.46. The molecule has 162 valence electrons. The van der Waals surface area contributed by atoms with Crippen LogP contribution in [0, 0.1) is 18.8 Å². The van der Waals surface area contributed by atoms with Gasteiger partial charge in [-0.05, 0) is 69.1 Å². The van der Waals surface area contributed by atoms with Crippen LogP contribution in [0.1, 0.15) is 63.4 Å². The molecule has 1 saturated heterocycles. The highest BCUT2D eigenvalue weighted by Crippen LogP contribution is 2.35. The number of aryl methyl sites for hydroxylation is 1. The third kappa shape index (κ3) is 3.93. The van der Waals surface area contributed by atoms with Crippen LogP contribution in [0.15, 0.2) is 12.1 Å². The number of nitrogens with zero attached hydrogens (tertiary/aromatic N) is 3. The third-order valence-electron chi connectivity index (χ3n) is 7.52. The average Bonchev–Trinajstić information content (AvgIpc) is 3.33. The molecule has 1 aliphatic heterocycles. The fraction of sp³-hybridized carbons (Fsp3) is 0.667. The maximum Gasteiger partial charge on any atom is 0.223 e. The molecule has 0 bridgehead atoms. The van der Waals surface area contributed by atoms with Crippen molar-refractivity contribution in [2.24, 2.45) is 11.8 Å². The van der Waals surface area contributed by atoms with E-state index in [0.717, 1.165) is 78.8 Å². The molecule has 1 amide bonds. The first-order valence-electron chi connectivity index (χ1n) is 11.8. The number of hydrogen-bond acceptors (Lipinski definition) is 3. The summed E-state index contributed by atoms with van der Waals surface area (Å²) in [6.07, 6.45) is 10.6. The number of carbonyl (C=O) groups is 1. The molecular formula is C24H33ClN4O. The molecule has 1 aromatic carbocycles. The van der Waals surface area contributed by atoms with E-state index in [2.05, 4.69) is 26.9 Å². The van der Waals surface area contributed by atoms with Gasteiger partial charge in [-0.1, -0.05) is 30.9 Å². The molecule has 6 heteroatoms. The van der Waals surface area contributed by atoms with E-state index in [1.165, 1.54) is 32.1 Å². The summed E-state index contributed by atoms with van der Waals surface area (Å²) in [7, 11) is 0. The molecule has 0 spiro atoms. The Bertz CT molecular complexity index is 921. The van der Waals surface area contributed by atoms with Crippen molar-refractivity contribution in [1.82, 2.24) is 14.9 Å². The Hall–Kier alpha value is -1.75. The highest BCUT2D eigenvalue weighted by atomic mass is 35.5. The first kappa shape index (κ1) is 20.2. The van der Waals surface area contributed by atoms with E-state index in [0.29, 0.717) is 6.04 Å². The second-order valence-corrected chi connectivity index (χ2v) is 10.1. The standard InChI is InChI=1S/C24H33ClN4O/c1-16-13-21-22(14-20(16)25)29(15-17-5-4-6-17)24(27-21)28-11-9-18(10-12-28)23(30)26-19-7-2-3-8-19/h13-14,17-19H,2-12,15H2,1H3,(H,26,30). The van der Waals surface area contributed by atoms with E-state index >= 15 is 0 Å². The number of nitrogens with one attached hydrogen (secondary N) is 1. The van der Waals surface area contributed by atoms with Gasteiger partial charge in [0.15, 0.2) is 0 Å². The van der Waals surface area contributed by atoms with Crippen molar-refractivity contribution in [3.05, 3.63) is 22.7 Å². The molecule has 1 N–H and O–H groups in total. The van der Waals surface area contributed by atoms with Crippen molar-refractivity contribution < 1.29 is 4.79 Å². The van der Waals surface area contributed by atoms with Gasteiger partial charge in [0.1, 0.15) is 0 Å². The molecule has 3 aliphatic rings. The normalized spacial score (nSPS) is 21.3. The van der Waals surface area contributed by atoms with E-state index in [1.54, 1.807) is 0 Å². The van der Waals surface area contributed by atoms with Gasteiger partial charge in [0, 0.05) is 36.6 Å². The zero-order chi connectivity index (χ0) is 20.7. The summed E-state index contributed by atoms with van der Waals surface area (Å²) in [5, 5.41) is 4.11. The minimum absolute atomic E-state index is 0.142. The quantitative estimate of drug-likeness (QED) is 0.722. The minimum atomic E-state index is 0.142. The molecule has 2 heterocycles. The lowest BCUT2D eigenvalue weighted by Crippen LogP contribution is -2.44. The number of imidazole rings is 1. The molecule has 5 rings (SSSR count). The van der Waals surface area contributed by atoms with Gasteiger partial charge < -0.3 is 14.8 Å². The van der Waals surface area contributed by atoms with Crippen LogP contribution >= 0.6 is 11.6 Å². The predicted octanol–water partition coefficient (Wildman–Crippen LogP) is 5.07. The van der Waals surface area contributed by atoms with Crippen molar-refractivity contribution in [2.75, 3.05) is 18.0 Å². The monoisotopic (exact) mass is 428 g/mol. The molecular weight excluding hydrogens is 396 g/mol. The second-order valence-electron chi connectivity index (χ2n) is 9.66. The zero-order valence-electron chi connectivity index (χ0n) is 18.0. The summed E-state index contributed by atoms with van der Waals surface area (Å²) in [6, 6.07) is 4.61. The molecule has 0 radical (unpaired) electrons. The molecule has 1 aromatic heterocycles. The molecule has 30 heavy (non-hydrogen) atoms. The Labute approximate surface area is 184 Å². The fourth-order valence-electron chi connectivity index (χ4n) is 5.32. The summed E-state index contributed by atoms with van der Waals surface area (Å²) in [5.74, 6) is 2.22. The molecule has 2 aromatic rings. The number of halogens is 1. The van der Waals surface area contributed by atoms with Crippen LogP contribution in [0.3, 0.4) is 0 Å². The molecule has 2 saturated carbocycles. The Morgan fingerprint density at radius 1 is 1.10 bits per heavy atom. The fourth-order valence-corrected chi connectivity index (χ4v) is 5.48. The van der Waals surface area contributed by atoms with Gasteiger partial charge in [-0.2, -0.15) is 0 Å². The molecule has 0 atom stereocenters. The molecule has 0 unspecified atom stereocenters. The van der Waals surface area contributed by atoms with Crippen molar-refractivity contribution >= 4 is 34.5 Å². The first-order chi connectivity index (χ1) is 14.6. The number of benzene rings is 1. The number of anilines is 1. The molecule has 3 fully saturated rings. The lowest BCUT2D eigenvalue weighted by molar-refractivity contribution is -0.126. The lowest BCUT2D eigenvalue weighted by atomic mass is 9.85. The van der Waals surface area contributed by atoms with Crippen LogP contribution < -0.4 is 10.2 Å².